The van der Waals surface area contributed by atoms with Crippen LogP contribution in [-0.2, 0) is 14.9 Å². The Morgan fingerprint density at radius 1 is 1.23 bits per heavy atom. The predicted molar refractivity (Wildman–Crippen MR) is 117 cm³/mol. The van der Waals surface area contributed by atoms with Crippen molar-refractivity contribution in [2.45, 2.75) is 51.6 Å². The molecule has 2 aromatic heterocycles. The number of carbonyl (C=O) groups excluding carboxylic acids is 2. The van der Waals surface area contributed by atoms with Crippen LogP contribution in [0.5, 0.6) is 0 Å². The molecule has 1 aliphatic rings. The molecule has 9 heteroatoms. The van der Waals surface area contributed by atoms with E-state index in [0.717, 1.165) is 10.0 Å². The molecule has 1 saturated heterocycles. The number of aryl methyl sites for hydroxylation is 1. The lowest BCUT2D eigenvalue weighted by Gasteiger charge is -2.40. The molecule has 30 heavy (non-hydrogen) atoms. The first kappa shape index (κ1) is 22.0. The summed E-state index contributed by atoms with van der Waals surface area (Å²) in [6, 6.07) is 5.61. The topological polar surface area (TPSA) is 96.5 Å². The van der Waals surface area contributed by atoms with Crippen molar-refractivity contribution in [1.29, 1.82) is 0 Å². The summed E-state index contributed by atoms with van der Waals surface area (Å²) in [5.41, 5.74) is -0.671. The lowest BCUT2D eigenvalue weighted by Crippen LogP contribution is -2.53. The van der Waals surface area contributed by atoms with Gasteiger partial charge in [0.2, 0.25) is 5.91 Å². The second-order valence-corrected chi connectivity index (χ2v) is 9.67. The van der Waals surface area contributed by atoms with Crippen LogP contribution >= 0.6 is 11.3 Å². The number of hydrogen-bond acceptors (Lipinski definition) is 7. The Labute approximate surface area is 181 Å². The molecule has 0 saturated carbocycles. The van der Waals surface area contributed by atoms with Crippen LogP contribution < -0.4 is 10.6 Å². The van der Waals surface area contributed by atoms with Gasteiger partial charge < -0.3 is 20.3 Å². The molecule has 0 aromatic carbocycles. The van der Waals surface area contributed by atoms with Gasteiger partial charge in [-0.1, -0.05) is 6.07 Å². The number of nitrogens with one attached hydrogen (secondary N) is 2. The van der Waals surface area contributed by atoms with Gasteiger partial charge >= 0.3 is 6.09 Å². The normalized spacial score (nSPS) is 16.1. The molecular formula is C21H29N5O3S. The van der Waals surface area contributed by atoms with E-state index < -0.39 is 11.0 Å². The first-order valence-electron chi connectivity index (χ1n) is 10.00. The molecule has 0 bridgehead atoms. The number of piperidine rings is 1. The van der Waals surface area contributed by atoms with E-state index in [-0.39, 0.29) is 12.0 Å². The Morgan fingerprint density at radius 3 is 2.50 bits per heavy atom. The third kappa shape index (κ3) is 4.89. The van der Waals surface area contributed by atoms with Gasteiger partial charge in [-0.2, -0.15) is 0 Å². The minimum atomic E-state index is -0.802. The quantitative estimate of drug-likeness (QED) is 0.768. The SMILES string of the molecule is CNC(=O)C1(c2cccc(Nc3ncc(C)s3)n2)CCN(C(=O)OC(C)(C)C)CC1. The number of rotatable bonds is 4. The van der Waals surface area contributed by atoms with E-state index in [1.807, 2.05) is 45.9 Å². The van der Waals surface area contributed by atoms with Crippen molar-refractivity contribution in [3.05, 3.63) is 35.0 Å². The first-order valence-corrected chi connectivity index (χ1v) is 10.8. The number of amides is 2. The number of hydrogen-bond donors (Lipinski definition) is 2. The van der Waals surface area contributed by atoms with Crippen molar-refractivity contribution in [2.24, 2.45) is 0 Å². The molecule has 0 atom stereocenters. The lowest BCUT2D eigenvalue weighted by molar-refractivity contribution is -0.128. The van der Waals surface area contributed by atoms with Crippen LogP contribution in [-0.4, -0.2) is 52.6 Å². The summed E-state index contributed by atoms with van der Waals surface area (Å²) in [5, 5.41) is 6.75. The van der Waals surface area contributed by atoms with E-state index in [1.165, 1.54) is 0 Å². The highest BCUT2D eigenvalue weighted by Gasteiger charge is 2.45. The molecule has 3 heterocycles. The molecule has 2 amide bonds. The number of thiazole rings is 1. The van der Waals surface area contributed by atoms with Gasteiger partial charge in [-0.15, -0.1) is 11.3 Å². The standard InChI is InChI=1S/C21H29N5O3S/c1-14-13-23-18(30-14)25-16-8-6-7-15(24-16)21(17(27)22-5)9-11-26(12-10-21)19(28)29-20(2,3)4/h6-8,13H,9-12H2,1-5H3,(H,22,27)(H,23,24,25). The zero-order valence-electron chi connectivity index (χ0n) is 18.1. The highest BCUT2D eigenvalue weighted by Crippen LogP contribution is 2.36. The molecule has 0 radical (unpaired) electrons. The summed E-state index contributed by atoms with van der Waals surface area (Å²) in [4.78, 5) is 37.2. The minimum Gasteiger partial charge on any atom is -0.444 e. The Kier molecular flexibility index (Phi) is 6.30. The fourth-order valence-electron chi connectivity index (χ4n) is 3.53. The van der Waals surface area contributed by atoms with Crippen molar-refractivity contribution >= 4 is 34.3 Å². The third-order valence-electron chi connectivity index (χ3n) is 5.03. The predicted octanol–water partition coefficient (Wildman–Crippen LogP) is 3.60. The van der Waals surface area contributed by atoms with Crippen molar-refractivity contribution in [1.82, 2.24) is 20.2 Å². The Morgan fingerprint density at radius 2 is 1.93 bits per heavy atom. The van der Waals surface area contributed by atoms with Crippen molar-refractivity contribution in [2.75, 3.05) is 25.5 Å². The Balaban J connectivity index is 1.81. The monoisotopic (exact) mass is 431 g/mol. The molecule has 162 valence electrons. The van der Waals surface area contributed by atoms with Crippen LogP contribution in [0.4, 0.5) is 15.7 Å². The zero-order chi connectivity index (χ0) is 21.9. The lowest BCUT2D eigenvalue weighted by atomic mass is 9.74. The molecule has 1 aliphatic heterocycles. The van der Waals surface area contributed by atoms with Gasteiger partial charge in [0.15, 0.2) is 5.13 Å². The molecule has 0 spiro atoms. The fraction of sp³-hybridized carbons (Fsp3) is 0.524. The summed E-state index contributed by atoms with van der Waals surface area (Å²) < 4.78 is 5.48. The molecule has 2 aromatic rings. The molecule has 2 N–H and O–H groups in total. The van der Waals surface area contributed by atoms with Gasteiger partial charge in [0.1, 0.15) is 11.4 Å². The number of ether oxygens (including phenoxy) is 1. The fourth-order valence-corrected chi connectivity index (χ4v) is 4.20. The van der Waals surface area contributed by atoms with Crippen LogP contribution in [0.2, 0.25) is 0 Å². The van der Waals surface area contributed by atoms with Crippen molar-refractivity contribution in [3.63, 3.8) is 0 Å². The first-order chi connectivity index (χ1) is 14.1. The maximum Gasteiger partial charge on any atom is 0.410 e. The van der Waals surface area contributed by atoms with E-state index in [4.69, 9.17) is 9.72 Å². The van der Waals surface area contributed by atoms with Gasteiger partial charge in [-0.25, -0.2) is 14.8 Å². The van der Waals surface area contributed by atoms with Crippen LogP contribution in [0, 0.1) is 6.92 Å². The number of aromatic nitrogens is 2. The second kappa shape index (κ2) is 8.59. The summed E-state index contributed by atoms with van der Waals surface area (Å²) >= 11 is 1.54. The number of likely N-dealkylation sites (tertiary alicyclic amines) is 1. The van der Waals surface area contributed by atoms with Gasteiger partial charge in [0.25, 0.3) is 0 Å². The maximum absolute atomic E-state index is 13.0. The number of carbonyl (C=O) groups is 2. The zero-order valence-corrected chi connectivity index (χ0v) is 18.9. The minimum absolute atomic E-state index is 0.0962. The molecule has 8 nitrogen and oxygen atoms in total. The highest BCUT2D eigenvalue weighted by atomic mass is 32.1. The van der Waals surface area contributed by atoms with Crippen LogP contribution in [0.25, 0.3) is 0 Å². The van der Waals surface area contributed by atoms with Gasteiger partial charge in [0.05, 0.1) is 11.1 Å². The summed E-state index contributed by atoms with van der Waals surface area (Å²) in [7, 11) is 1.63. The largest absolute Gasteiger partial charge is 0.444 e. The average molecular weight is 432 g/mol. The van der Waals surface area contributed by atoms with E-state index in [0.29, 0.717) is 37.4 Å². The van der Waals surface area contributed by atoms with Crippen molar-refractivity contribution in [3.8, 4) is 0 Å². The second-order valence-electron chi connectivity index (χ2n) is 8.44. The number of pyridine rings is 1. The number of likely N-dealkylation sites (N-methyl/N-ethyl adjacent to an activating group) is 1. The smallest absolute Gasteiger partial charge is 0.410 e. The van der Waals surface area contributed by atoms with E-state index in [1.54, 1.807) is 29.5 Å². The van der Waals surface area contributed by atoms with Crippen LogP contribution in [0.1, 0.15) is 44.2 Å². The van der Waals surface area contributed by atoms with Crippen molar-refractivity contribution < 1.29 is 14.3 Å². The summed E-state index contributed by atoms with van der Waals surface area (Å²) in [6.07, 6.45) is 2.39. The summed E-state index contributed by atoms with van der Waals surface area (Å²) in [6.45, 7) is 8.37. The van der Waals surface area contributed by atoms with E-state index in [9.17, 15) is 9.59 Å². The van der Waals surface area contributed by atoms with E-state index in [2.05, 4.69) is 15.6 Å². The summed E-state index contributed by atoms with van der Waals surface area (Å²) in [5.74, 6) is 0.542. The Hall–Kier alpha value is -2.68. The Bertz CT molecular complexity index is 913. The molecule has 1 fully saturated rings. The van der Waals surface area contributed by atoms with Gasteiger partial charge in [-0.05, 0) is 52.7 Å². The molecular weight excluding hydrogens is 402 g/mol. The molecule has 0 unspecified atom stereocenters. The number of nitrogens with zero attached hydrogens (tertiary/aromatic N) is 3. The average Bonchev–Trinajstić information content (AvgIpc) is 3.10. The molecule has 0 aliphatic carbocycles. The van der Waals surface area contributed by atoms with Gasteiger partial charge in [-0.3, -0.25) is 4.79 Å². The third-order valence-corrected chi connectivity index (χ3v) is 5.85. The van der Waals surface area contributed by atoms with E-state index >= 15 is 0 Å². The maximum atomic E-state index is 13.0. The highest BCUT2D eigenvalue weighted by molar-refractivity contribution is 7.15. The van der Waals surface area contributed by atoms with Crippen LogP contribution in [0.3, 0.4) is 0 Å². The number of anilines is 2. The van der Waals surface area contributed by atoms with Gasteiger partial charge in [0, 0.05) is 31.2 Å². The molecule has 3 rings (SSSR count). The van der Waals surface area contributed by atoms with Crippen LogP contribution in [0.15, 0.2) is 24.4 Å².